The zero-order valence-corrected chi connectivity index (χ0v) is 33.9. The third kappa shape index (κ3) is 9.21. The van der Waals surface area contributed by atoms with E-state index in [9.17, 15) is 40.8 Å². The largest absolute Gasteiger partial charge is 0.491 e. The molecule has 5 atom stereocenters. The number of halogens is 3. The van der Waals surface area contributed by atoms with Gasteiger partial charge >= 0.3 is 12.3 Å². The Kier molecular flexibility index (Phi) is 12.1. The molecule has 316 valence electrons. The number of alkyl halides is 3. The summed E-state index contributed by atoms with van der Waals surface area (Å²) in [6.07, 6.45) is 0.714. The van der Waals surface area contributed by atoms with Crippen LogP contribution in [0.4, 0.5) is 18.0 Å². The smallest absolute Gasteiger partial charge is 0.427 e. The molecule has 0 radical (unpaired) electrons. The van der Waals surface area contributed by atoms with Gasteiger partial charge in [0.2, 0.25) is 27.4 Å². The van der Waals surface area contributed by atoms with Crippen molar-refractivity contribution in [1.82, 2.24) is 25.2 Å². The van der Waals surface area contributed by atoms with Crippen LogP contribution in [-0.2, 0) is 29.1 Å². The Morgan fingerprint density at radius 2 is 1.81 bits per heavy atom. The molecule has 2 saturated carbocycles. The van der Waals surface area contributed by atoms with Gasteiger partial charge in [0, 0.05) is 23.1 Å². The van der Waals surface area contributed by atoms with Crippen LogP contribution in [0.5, 0.6) is 11.6 Å². The van der Waals surface area contributed by atoms with Gasteiger partial charge in [0.25, 0.3) is 11.8 Å². The van der Waals surface area contributed by atoms with Gasteiger partial charge in [-0.3, -0.25) is 24.4 Å². The number of amides is 4. The first-order valence-corrected chi connectivity index (χ1v) is 21.1. The van der Waals surface area contributed by atoms with E-state index in [0.717, 1.165) is 11.3 Å². The summed E-state index contributed by atoms with van der Waals surface area (Å²) < 4.78 is 86.1. The third-order valence-electron chi connectivity index (χ3n) is 11.0. The van der Waals surface area contributed by atoms with Gasteiger partial charge in [-0.2, -0.15) is 13.2 Å². The van der Waals surface area contributed by atoms with E-state index >= 15 is 0 Å². The number of allylic oxidation sites excluding steroid dienone is 2. The van der Waals surface area contributed by atoms with E-state index < -0.39 is 74.5 Å². The molecule has 6 rings (SSSR count). The van der Waals surface area contributed by atoms with Crippen LogP contribution in [0.1, 0.15) is 86.0 Å². The summed E-state index contributed by atoms with van der Waals surface area (Å²) in [5.41, 5.74) is -4.58. The number of pyridine rings is 1. The first kappa shape index (κ1) is 42.7. The van der Waals surface area contributed by atoms with E-state index in [1.54, 1.807) is 25.1 Å². The highest BCUT2D eigenvalue weighted by atomic mass is 32.2. The number of alkyl carbamates (subject to hydrolysis) is 1. The summed E-state index contributed by atoms with van der Waals surface area (Å²) in [6, 6.07) is 5.89. The highest BCUT2D eigenvalue weighted by Gasteiger charge is 2.62. The average Bonchev–Trinajstić information content (AvgIpc) is 4.08. The van der Waals surface area contributed by atoms with Crippen molar-refractivity contribution in [2.75, 3.05) is 13.2 Å². The molecular weight excluding hydrogens is 784 g/mol. The number of nitrogens with zero attached hydrogens (tertiary/aromatic N) is 2. The Labute approximate surface area is 335 Å². The lowest BCUT2D eigenvalue weighted by Gasteiger charge is -2.30. The molecule has 4 aliphatic rings. The van der Waals surface area contributed by atoms with Crippen LogP contribution in [0, 0.1) is 11.8 Å². The highest BCUT2D eigenvalue weighted by Crippen LogP contribution is 2.46. The molecule has 3 N–H and O–H groups in total. The summed E-state index contributed by atoms with van der Waals surface area (Å²) in [6.45, 7) is 7.01. The van der Waals surface area contributed by atoms with Crippen LogP contribution >= 0.6 is 0 Å². The Bertz CT molecular complexity index is 2120. The lowest BCUT2D eigenvalue weighted by atomic mass is 9.95. The fraction of sp³-hybridized carbons (Fsp3) is 0.575. The summed E-state index contributed by atoms with van der Waals surface area (Å²) in [5.74, 6) is -2.50. The van der Waals surface area contributed by atoms with Crippen molar-refractivity contribution < 1.29 is 55.0 Å². The number of hydrogen-bond acceptors (Lipinski definition) is 10. The lowest BCUT2D eigenvalue weighted by Crippen LogP contribution is -2.57. The molecule has 14 nitrogen and oxygen atoms in total. The van der Waals surface area contributed by atoms with Crippen LogP contribution in [-0.4, -0.2) is 90.0 Å². The summed E-state index contributed by atoms with van der Waals surface area (Å²) in [4.78, 5) is 61.7. The Hall–Kier alpha value is -4.87. The molecule has 4 amide bonds. The van der Waals surface area contributed by atoms with Crippen LogP contribution in [0.15, 0.2) is 53.9 Å². The second-order valence-corrected chi connectivity index (χ2v) is 18.2. The van der Waals surface area contributed by atoms with Crippen molar-refractivity contribution in [3.8, 4) is 11.6 Å². The second-order valence-electron chi connectivity index (χ2n) is 16.2. The molecule has 18 heteroatoms. The molecule has 58 heavy (non-hydrogen) atoms. The maximum Gasteiger partial charge on any atom is 0.427 e. The minimum atomic E-state index is -4.93. The summed E-state index contributed by atoms with van der Waals surface area (Å²) in [7, 11) is -3.99. The monoisotopic (exact) mass is 833 g/mol. The Balaban J connectivity index is 1.36. The first-order valence-electron chi connectivity index (χ1n) is 19.6. The maximum atomic E-state index is 14.7. The molecular formula is C40H50F3N5O9S. The van der Waals surface area contributed by atoms with Gasteiger partial charge in [0.15, 0.2) is 0 Å². The highest BCUT2D eigenvalue weighted by molar-refractivity contribution is 7.91. The van der Waals surface area contributed by atoms with E-state index in [0.29, 0.717) is 68.2 Å². The predicted octanol–water partition coefficient (Wildman–Crippen LogP) is 5.57. The number of aromatic nitrogens is 1. The molecule has 0 spiro atoms. The van der Waals surface area contributed by atoms with Crippen molar-refractivity contribution in [3.63, 3.8) is 0 Å². The number of carbonyl (C=O) groups is 4. The SMILES string of the molecule is CCCOc1cnc(OC2CC3C(=O)NC4(C(=O)NS(=O)(=O)C5CC5)CC4C=CCCC(C)C/C(C)=C(/NC(=O)OC(C)(C)C(F)(F)F)C(=O)N3C2)c2ccccc12. The predicted molar refractivity (Wildman–Crippen MR) is 206 cm³/mol. The molecule has 0 bridgehead atoms. The zero-order valence-electron chi connectivity index (χ0n) is 33.1. The molecule has 3 heterocycles. The van der Waals surface area contributed by atoms with Gasteiger partial charge in [-0.05, 0) is 83.3 Å². The molecule has 2 aromatic rings. The number of rotatable bonds is 10. The third-order valence-corrected chi connectivity index (χ3v) is 12.8. The Morgan fingerprint density at radius 1 is 1.10 bits per heavy atom. The van der Waals surface area contributed by atoms with Crippen LogP contribution < -0.4 is 24.8 Å². The standard InChI is InChI=1S/C40H50F3N5O9S/c1-6-17-55-31-21-44-34(29-14-10-9-13-28(29)31)56-26-19-30-33(49)46-39(36(51)47-58(53,54)27-15-16-27)20-25(39)12-8-7-11-23(2)18-24(3)32(35(50)48(30)22-26)45-37(52)57-38(4,5)40(41,42)43/h8-10,12-14,21,23,25-27,30H,6-7,11,15-20,22H2,1-5H3,(H,45,52)(H,46,49)(H,47,51)/b12-8?,32-24+. The van der Waals surface area contributed by atoms with E-state index in [1.807, 2.05) is 32.1 Å². The van der Waals surface area contributed by atoms with Crippen molar-refractivity contribution in [1.29, 1.82) is 0 Å². The van der Waals surface area contributed by atoms with Crippen molar-refractivity contribution in [2.24, 2.45) is 11.8 Å². The number of carbonyl (C=O) groups excluding carboxylic acids is 4. The molecule has 1 aromatic heterocycles. The van der Waals surface area contributed by atoms with Crippen molar-refractivity contribution in [2.45, 2.75) is 121 Å². The lowest BCUT2D eigenvalue weighted by molar-refractivity contribution is -0.243. The first-order chi connectivity index (χ1) is 27.3. The van der Waals surface area contributed by atoms with Crippen molar-refractivity contribution >= 4 is 44.6 Å². The van der Waals surface area contributed by atoms with Crippen LogP contribution in [0.25, 0.3) is 10.8 Å². The summed E-state index contributed by atoms with van der Waals surface area (Å²) in [5, 5.41) is 5.65. The van der Waals surface area contributed by atoms with Gasteiger partial charge in [0.05, 0.1) is 24.6 Å². The quantitative estimate of drug-likeness (QED) is 0.256. The average molecular weight is 834 g/mol. The number of hydrogen-bond donors (Lipinski definition) is 3. The second kappa shape index (κ2) is 16.4. The molecule has 1 saturated heterocycles. The molecule has 3 fully saturated rings. The van der Waals surface area contributed by atoms with Gasteiger partial charge in [-0.25, -0.2) is 18.2 Å². The number of ether oxygens (including phenoxy) is 3. The molecule has 1 aromatic carbocycles. The van der Waals surface area contributed by atoms with Gasteiger partial charge in [-0.1, -0.05) is 44.2 Å². The number of sulfonamides is 1. The minimum absolute atomic E-state index is 0.0909. The fourth-order valence-electron chi connectivity index (χ4n) is 7.31. The van der Waals surface area contributed by atoms with Crippen LogP contribution in [0.2, 0.25) is 0 Å². The summed E-state index contributed by atoms with van der Waals surface area (Å²) >= 11 is 0. The van der Waals surface area contributed by atoms with Gasteiger partial charge < -0.3 is 24.4 Å². The number of nitrogens with one attached hydrogen (secondary N) is 3. The molecule has 2 aliphatic heterocycles. The van der Waals surface area contributed by atoms with Crippen LogP contribution in [0.3, 0.4) is 0 Å². The van der Waals surface area contributed by atoms with Gasteiger partial charge in [0.1, 0.15) is 29.1 Å². The minimum Gasteiger partial charge on any atom is -0.491 e. The molecule has 2 aliphatic carbocycles. The zero-order chi connectivity index (χ0) is 42.2. The maximum absolute atomic E-state index is 14.7. The molecule has 5 unspecified atom stereocenters. The van der Waals surface area contributed by atoms with E-state index in [4.69, 9.17) is 14.2 Å². The van der Waals surface area contributed by atoms with E-state index in [-0.39, 0.29) is 43.3 Å². The van der Waals surface area contributed by atoms with Gasteiger partial charge in [-0.15, -0.1) is 0 Å². The van der Waals surface area contributed by atoms with Crippen molar-refractivity contribution in [3.05, 3.63) is 53.9 Å². The van der Waals surface area contributed by atoms with E-state index in [2.05, 4.69) is 20.3 Å². The fourth-order valence-corrected chi connectivity index (χ4v) is 8.68. The number of benzene rings is 1. The number of fused-ring (bicyclic) bond motifs is 3. The topological polar surface area (TPSA) is 182 Å². The Morgan fingerprint density at radius 3 is 2.48 bits per heavy atom. The van der Waals surface area contributed by atoms with E-state index in [1.165, 1.54) is 6.20 Å². The normalized spacial score (nSPS) is 27.1.